The van der Waals surface area contributed by atoms with Gasteiger partial charge in [0.2, 0.25) is 0 Å². The van der Waals surface area contributed by atoms with Crippen LogP contribution in [0.3, 0.4) is 0 Å². The second kappa shape index (κ2) is 14.4. The fourth-order valence-electron chi connectivity index (χ4n) is 12.1. The average Bonchev–Trinajstić information content (AvgIpc) is 3.61. The summed E-state index contributed by atoms with van der Waals surface area (Å²) in [5.74, 6) is 0.0650. The number of hydrogen-bond donors (Lipinski definition) is 0. The van der Waals surface area contributed by atoms with Gasteiger partial charge in [-0.2, -0.15) is 0 Å². The van der Waals surface area contributed by atoms with Crippen LogP contribution >= 0.6 is 11.8 Å². The Morgan fingerprint density at radius 3 is 1.30 bits per heavy atom. The summed E-state index contributed by atoms with van der Waals surface area (Å²) in [4.78, 5) is 2.78. The Labute approximate surface area is 378 Å². The summed E-state index contributed by atoms with van der Waals surface area (Å²) in [6, 6.07) is 53.3. The third kappa shape index (κ3) is 5.48. The van der Waals surface area contributed by atoms with Crippen molar-refractivity contribution in [3.05, 3.63) is 234 Å². The molecule has 0 spiro atoms. The highest BCUT2D eigenvalue weighted by atomic mass is 32.2. The van der Waals surface area contributed by atoms with Crippen LogP contribution < -0.4 is 0 Å². The average molecular weight is 831 g/mol. The fraction of sp³-hybridized carbons (Fsp3) is 0.194. The van der Waals surface area contributed by atoms with E-state index < -0.39 is 5.41 Å². The minimum Gasteiger partial charge on any atom is -0.0894 e. The van der Waals surface area contributed by atoms with Crippen LogP contribution in [0.2, 0.25) is 0 Å². The smallest absolute Gasteiger partial charge is 0.0713 e. The summed E-state index contributed by atoms with van der Waals surface area (Å²) in [6.45, 7) is 23.4. The molecule has 2 aliphatic rings. The maximum Gasteiger partial charge on any atom is 0.0713 e. The van der Waals surface area contributed by atoms with Crippen LogP contribution in [0.15, 0.2) is 149 Å². The van der Waals surface area contributed by atoms with Gasteiger partial charge in [-0.05, 0) is 226 Å². The van der Waals surface area contributed by atoms with Gasteiger partial charge in [0.05, 0.1) is 5.41 Å². The predicted octanol–water partition coefficient (Wildman–Crippen LogP) is 16.8. The Hall–Kier alpha value is -6.15. The highest BCUT2D eigenvalue weighted by Crippen LogP contribution is 2.58. The maximum atomic E-state index is 2.50. The quantitative estimate of drug-likeness (QED) is 0.170. The molecule has 0 amide bonds. The first-order valence-electron chi connectivity index (χ1n) is 22.6. The Bertz CT molecular complexity index is 3230. The maximum absolute atomic E-state index is 2.50. The zero-order valence-corrected chi connectivity index (χ0v) is 39.1. The van der Waals surface area contributed by atoms with Crippen molar-refractivity contribution < 1.29 is 0 Å². The Morgan fingerprint density at radius 2 is 0.794 bits per heavy atom. The lowest BCUT2D eigenvalue weighted by Gasteiger charge is -2.35. The minimum atomic E-state index is -0.436. The number of rotatable bonds is 4. The first-order chi connectivity index (χ1) is 30.4. The van der Waals surface area contributed by atoms with E-state index in [-0.39, 0.29) is 5.92 Å². The van der Waals surface area contributed by atoms with Crippen molar-refractivity contribution >= 4 is 33.3 Å². The molecule has 308 valence electrons. The summed E-state index contributed by atoms with van der Waals surface area (Å²) < 4.78 is 0. The lowest BCUT2D eigenvalue weighted by molar-refractivity contribution is 0.769. The van der Waals surface area contributed by atoms with Crippen molar-refractivity contribution in [2.45, 2.75) is 90.4 Å². The molecule has 0 fully saturated rings. The molecule has 1 aliphatic carbocycles. The van der Waals surface area contributed by atoms with Gasteiger partial charge in [-0.1, -0.05) is 133 Å². The first kappa shape index (κ1) is 39.7. The standard InChI is InChI=1S/C62H54S/c1-34-31-53-60(57-42(9)38(5)36(3)40(7)55(34)57)59(61-54(63-53)32-35(2)56-41(8)37(4)39(6)43(10)58(56)61)45-27-25-44(26-28-45)46-29-30-50-49-23-17-18-24-51(49)62(52(50)33-46,47-19-13-11-14-20-47)48-21-15-12-16-22-48/h11-33,59H,1-10H3. The first-order valence-corrected chi connectivity index (χ1v) is 23.5. The molecule has 0 nitrogen and oxygen atoms in total. The van der Waals surface area contributed by atoms with E-state index >= 15 is 0 Å². The van der Waals surface area contributed by atoms with E-state index in [1.54, 1.807) is 0 Å². The van der Waals surface area contributed by atoms with Gasteiger partial charge in [0, 0.05) is 15.7 Å². The normalized spacial score (nSPS) is 13.9. The lowest BCUT2D eigenvalue weighted by atomic mass is 9.67. The van der Waals surface area contributed by atoms with E-state index in [4.69, 9.17) is 0 Å². The van der Waals surface area contributed by atoms with Crippen molar-refractivity contribution in [3.63, 3.8) is 0 Å². The monoisotopic (exact) mass is 830 g/mol. The van der Waals surface area contributed by atoms with Crippen LogP contribution in [0.1, 0.15) is 100 Å². The zero-order valence-electron chi connectivity index (χ0n) is 38.3. The van der Waals surface area contributed by atoms with E-state index in [0.717, 1.165) is 0 Å². The third-order valence-corrected chi connectivity index (χ3v) is 16.9. The van der Waals surface area contributed by atoms with E-state index in [0.29, 0.717) is 0 Å². The summed E-state index contributed by atoms with van der Waals surface area (Å²) in [5, 5.41) is 5.74. The van der Waals surface area contributed by atoms with Crippen LogP contribution in [0.25, 0.3) is 43.8 Å². The Balaban J connectivity index is 1.16. The Morgan fingerprint density at radius 1 is 0.365 bits per heavy atom. The second-order valence-electron chi connectivity index (χ2n) is 18.7. The van der Waals surface area contributed by atoms with Gasteiger partial charge in [-0.3, -0.25) is 0 Å². The molecule has 9 aromatic carbocycles. The third-order valence-electron chi connectivity index (χ3n) is 15.8. The van der Waals surface area contributed by atoms with E-state index in [1.807, 2.05) is 11.8 Å². The zero-order chi connectivity index (χ0) is 43.6. The van der Waals surface area contributed by atoms with Crippen LogP contribution in [0, 0.1) is 69.2 Å². The SMILES string of the molecule is Cc1c(C)c(C)c2c3c(cc(C)c2c1C)Sc1cc(C)c2c(C)c(C)c(C)c(C)c2c1C3c1ccc(-c2ccc3c(c2)C(c2ccccc2)(c2ccccc2)c2ccccc2-3)cc1. The molecule has 0 N–H and O–H groups in total. The molecule has 9 aromatic rings. The molecule has 1 heteroatoms. The van der Waals surface area contributed by atoms with Crippen molar-refractivity contribution in [1.82, 2.24) is 0 Å². The highest BCUT2D eigenvalue weighted by molar-refractivity contribution is 7.99. The molecule has 0 aromatic heterocycles. The van der Waals surface area contributed by atoms with Crippen LogP contribution in [0.5, 0.6) is 0 Å². The van der Waals surface area contributed by atoms with Gasteiger partial charge in [0.15, 0.2) is 0 Å². The molecule has 1 heterocycles. The molecule has 0 bridgehead atoms. The molecule has 0 radical (unpaired) electrons. The Kier molecular flexibility index (Phi) is 9.10. The van der Waals surface area contributed by atoms with Crippen LogP contribution in [0.4, 0.5) is 0 Å². The summed E-state index contributed by atoms with van der Waals surface area (Å²) in [5.41, 5.74) is 28.2. The number of fused-ring (bicyclic) bond motifs is 9. The van der Waals surface area contributed by atoms with Gasteiger partial charge in [-0.25, -0.2) is 0 Å². The molecule has 63 heavy (non-hydrogen) atoms. The second-order valence-corrected chi connectivity index (χ2v) is 19.7. The molecule has 0 unspecified atom stereocenters. The molecule has 0 atom stereocenters. The summed E-state index contributed by atoms with van der Waals surface area (Å²) in [6.07, 6.45) is 0. The number of benzene rings is 9. The van der Waals surface area contributed by atoms with Gasteiger partial charge in [0.25, 0.3) is 0 Å². The van der Waals surface area contributed by atoms with Gasteiger partial charge >= 0.3 is 0 Å². The van der Waals surface area contributed by atoms with Crippen molar-refractivity contribution in [2.24, 2.45) is 0 Å². The fourth-order valence-corrected chi connectivity index (χ4v) is 13.4. The van der Waals surface area contributed by atoms with Crippen LogP contribution in [-0.2, 0) is 5.41 Å². The molecule has 0 saturated heterocycles. The topological polar surface area (TPSA) is 0 Å². The molecule has 0 saturated carbocycles. The highest BCUT2D eigenvalue weighted by Gasteiger charge is 2.46. The minimum absolute atomic E-state index is 0.0650. The largest absolute Gasteiger partial charge is 0.0894 e. The van der Waals surface area contributed by atoms with Crippen molar-refractivity contribution in [3.8, 4) is 22.3 Å². The molecular weight excluding hydrogens is 777 g/mol. The van der Waals surface area contributed by atoms with Crippen LogP contribution in [-0.4, -0.2) is 0 Å². The summed E-state index contributed by atoms with van der Waals surface area (Å²) in [7, 11) is 0. The number of hydrogen-bond acceptors (Lipinski definition) is 1. The summed E-state index contributed by atoms with van der Waals surface area (Å²) >= 11 is 1.99. The van der Waals surface area contributed by atoms with Crippen molar-refractivity contribution in [1.29, 1.82) is 0 Å². The number of aryl methyl sites for hydroxylation is 6. The lowest BCUT2D eigenvalue weighted by Crippen LogP contribution is -2.28. The molecular formula is C62H54S. The van der Waals surface area contributed by atoms with Gasteiger partial charge in [0.1, 0.15) is 0 Å². The van der Waals surface area contributed by atoms with Gasteiger partial charge < -0.3 is 0 Å². The van der Waals surface area contributed by atoms with E-state index in [1.165, 1.54) is 148 Å². The van der Waals surface area contributed by atoms with Crippen molar-refractivity contribution in [2.75, 3.05) is 0 Å². The predicted molar refractivity (Wildman–Crippen MR) is 270 cm³/mol. The molecule has 1 aliphatic heterocycles. The van der Waals surface area contributed by atoms with Gasteiger partial charge in [-0.15, -0.1) is 0 Å². The van der Waals surface area contributed by atoms with E-state index in [9.17, 15) is 0 Å². The van der Waals surface area contributed by atoms with E-state index in [2.05, 4.69) is 209 Å². The molecule has 11 rings (SSSR count).